The largest absolute Gasteiger partial charge is 0.384 e. The second-order valence-corrected chi connectivity index (χ2v) is 5.42. The highest BCUT2D eigenvalue weighted by molar-refractivity contribution is 5.73. The molecule has 3 nitrogen and oxygen atoms in total. The lowest BCUT2D eigenvalue weighted by molar-refractivity contribution is -0.130. The molecule has 3 heteroatoms. The molecule has 1 saturated heterocycles. The van der Waals surface area contributed by atoms with Gasteiger partial charge in [0.25, 0.3) is 0 Å². The first-order chi connectivity index (χ1) is 8.75. The second kappa shape index (κ2) is 4.63. The molecule has 1 amide bonds. The highest BCUT2D eigenvalue weighted by atomic mass is 16.2. The third kappa shape index (κ3) is 1.98. The number of nitrogens with one attached hydrogen (secondary N) is 1. The quantitative estimate of drug-likeness (QED) is 0.823. The summed E-state index contributed by atoms with van der Waals surface area (Å²) in [7, 11) is 0. The van der Waals surface area contributed by atoms with E-state index in [9.17, 15) is 4.79 Å². The average Bonchev–Trinajstić information content (AvgIpc) is 2.82. The molecule has 1 N–H and O–H groups in total. The molecular weight excluding hydrogens is 224 g/mol. The van der Waals surface area contributed by atoms with E-state index < -0.39 is 0 Å². The van der Waals surface area contributed by atoms with Crippen molar-refractivity contribution in [3.8, 4) is 0 Å². The van der Waals surface area contributed by atoms with Crippen molar-refractivity contribution in [1.29, 1.82) is 0 Å². The molecule has 1 aromatic carbocycles. The molecule has 96 valence electrons. The number of hydrogen-bond donors (Lipinski definition) is 1. The molecule has 0 bridgehead atoms. The maximum absolute atomic E-state index is 11.3. The minimum Gasteiger partial charge on any atom is -0.384 e. The van der Waals surface area contributed by atoms with Gasteiger partial charge in [0.05, 0.1) is 0 Å². The molecule has 1 atom stereocenters. The van der Waals surface area contributed by atoms with Crippen LogP contribution >= 0.6 is 0 Å². The summed E-state index contributed by atoms with van der Waals surface area (Å²) < 4.78 is 0. The number of fused-ring (bicyclic) bond motifs is 1. The molecule has 2 heterocycles. The molecule has 3 rings (SSSR count). The smallest absolute Gasteiger partial charge is 0.219 e. The summed E-state index contributed by atoms with van der Waals surface area (Å²) in [4.78, 5) is 13.3. The Morgan fingerprint density at radius 1 is 1.28 bits per heavy atom. The number of rotatable bonds is 1. The Hall–Kier alpha value is -1.51. The van der Waals surface area contributed by atoms with Crippen LogP contribution in [0.3, 0.4) is 0 Å². The Morgan fingerprint density at radius 2 is 2.00 bits per heavy atom. The van der Waals surface area contributed by atoms with Crippen LogP contribution in [0.5, 0.6) is 0 Å². The van der Waals surface area contributed by atoms with E-state index in [0.717, 1.165) is 38.4 Å². The van der Waals surface area contributed by atoms with Crippen molar-refractivity contribution < 1.29 is 4.79 Å². The molecule has 0 aliphatic carbocycles. The van der Waals surface area contributed by atoms with Crippen LogP contribution in [0.2, 0.25) is 0 Å². The molecule has 2 aliphatic heterocycles. The van der Waals surface area contributed by atoms with Crippen molar-refractivity contribution in [2.75, 3.05) is 25.0 Å². The molecule has 1 aromatic rings. The number of carbonyl (C=O) groups is 1. The summed E-state index contributed by atoms with van der Waals surface area (Å²) >= 11 is 0. The van der Waals surface area contributed by atoms with Crippen molar-refractivity contribution in [3.05, 3.63) is 29.8 Å². The third-order valence-corrected chi connectivity index (χ3v) is 4.43. The van der Waals surface area contributed by atoms with Gasteiger partial charge in [0, 0.05) is 38.2 Å². The number of anilines is 1. The fourth-order valence-corrected chi connectivity index (χ4v) is 3.35. The number of benzene rings is 1. The SMILES string of the molecule is CC(=O)N1CCC(C2CNc3ccccc32)CC1. The first kappa shape index (κ1) is 11.6. The zero-order chi connectivity index (χ0) is 12.5. The molecule has 1 unspecified atom stereocenters. The zero-order valence-electron chi connectivity index (χ0n) is 10.9. The first-order valence-corrected chi connectivity index (χ1v) is 6.84. The Bertz CT molecular complexity index is 450. The highest BCUT2D eigenvalue weighted by Gasteiger charge is 2.32. The van der Waals surface area contributed by atoms with Gasteiger partial charge in [0.15, 0.2) is 0 Å². The van der Waals surface area contributed by atoms with Crippen molar-refractivity contribution in [3.63, 3.8) is 0 Å². The molecule has 1 fully saturated rings. The van der Waals surface area contributed by atoms with E-state index in [1.807, 2.05) is 4.90 Å². The summed E-state index contributed by atoms with van der Waals surface area (Å²) in [5.74, 6) is 1.57. The maximum Gasteiger partial charge on any atom is 0.219 e. The van der Waals surface area contributed by atoms with Crippen LogP contribution in [0.1, 0.15) is 31.2 Å². The lowest BCUT2D eigenvalue weighted by atomic mass is 9.81. The normalized spacial score (nSPS) is 23.6. The second-order valence-electron chi connectivity index (χ2n) is 5.42. The molecule has 0 saturated carbocycles. The van der Waals surface area contributed by atoms with Crippen LogP contribution in [0, 0.1) is 5.92 Å². The van der Waals surface area contributed by atoms with Gasteiger partial charge in [-0.2, -0.15) is 0 Å². The fourth-order valence-electron chi connectivity index (χ4n) is 3.35. The van der Waals surface area contributed by atoms with Crippen LogP contribution < -0.4 is 5.32 Å². The summed E-state index contributed by atoms with van der Waals surface area (Å²) in [6.07, 6.45) is 2.28. The molecule has 0 spiro atoms. The summed E-state index contributed by atoms with van der Waals surface area (Å²) in [5, 5.41) is 3.50. The number of hydrogen-bond acceptors (Lipinski definition) is 2. The topological polar surface area (TPSA) is 32.3 Å². The maximum atomic E-state index is 11.3. The van der Waals surface area contributed by atoms with E-state index in [1.165, 1.54) is 11.3 Å². The van der Waals surface area contributed by atoms with Crippen molar-refractivity contribution >= 4 is 11.6 Å². The van der Waals surface area contributed by atoms with Gasteiger partial charge in [-0.25, -0.2) is 0 Å². The van der Waals surface area contributed by atoms with Gasteiger partial charge in [0.1, 0.15) is 0 Å². The van der Waals surface area contributed by atoms with E-state index >= 15 is 0 Å². The molecule has 18 heavy (non-hydrogen) atoms. The first-order valence-electron chi connectivity index (χ1n) is 6.84. The average molecular weight is 244 g/mol. The summed E-state index contributed by atoms with van der Waals surface area (Å²) in [6.45, 7) is 4.59. The van der Waals surface area contributed by atoms with Crippen LogP contribution in [-0.4, -0.2) is 30.4 Å². The van der Waals surface area contributed by atoms with Crippen LogP contribution in [0.4, 0.5) is 5.69 Å². The lowest BCUT2D eigenvalue weighted by Gasteiger charge is -2.34. The molecule has 0 aromatic heterocycles. The van der Waals surface area contributed by atoms with Crippen LogP contribution in [0.25, 0.3) is 0 Å². The number of carbonyl (C=O) groups excluding carboxylic acids is 1. The van der Waals surface area contributed by atoms with E-state index in [-0.39, 0.29) is 5.91 Å². The van der Waals surface area contributed by atoms with Gasteiger partial charge in [-0.3, -0.25) is 4.79 Å². The van der Waals surface area contributed by atoms with Crippen LogP contribution in [0.15, 0.2) is 24.3 Å². The number of para-hydroxylation sites is 1. The standard InChI is InChI=1S/C15H20N2O/c1-11(18)17-8-6-12(7-9-17)14-10-16-15-5-3-2-4-13(14)15/h2-5,12,14,16H,6-10H2,1H3. The van der Waals surface area contributed by atoms with Gasteiger partial charge in [-0.05, 0) is 30.4 Å². The minimum absolute atomic E-state index is 0.221. The predicted octanol–water partition coefficient (Wildman–Crippen LogP) is 2.45. The Kier molecular flexibility index (Phi) is 2.98. The summed E-state index contributed by atoms with van der Waals surface area (Å²) in [6, 6.07) is 8.63. The third-order valence-electron chi connectivity index (χ3n) is 4.43. The zero-order valence-corrected chi connectivity index (χ0v) is 10.9. The van der Waals surface area contributed by atoms with Crippen molar-refractivity contribution in [1.82, 2.24) is 4.90 Å². The fraction of sp³-hybridized carbons (Fsp3) is 0.533. The minimum atomic E-state index is 0.221. The van der Waals surface area contributed by atoms with Gasteiger partial charge < -0.3 is 10.2 Å². The van der Waals surface area contributed by atoms with Gasteiger partial charge >= 0.3 is 0 Å². The molecule has 0 radical (unpaired) electrons. The predicted molar refractivity (Wildman–Crippen MR) is 72.7 cm³/mol. The Labute approximate surface area is 108 Å². The number of amides is 1. The number of piperidine rings is 1. The van der Waals surface area contributed by atoms with Gasteiger partial charge in [-0.1, -0.05) is 18.2 Å². The summed E-state index contributed by atoms with van der Waals surface area (Å²) in [5.41, 5.74) is 2.77. The highest BCUT2D eigenvalue weighted by Crippen LogP contribution is 2.40. The van der Waals surface area contributed by atoms with E-state index in [4.69, 9.17) is 0 Å². The van der Waals surface area contributed by atoms with Crippen molar-refractivity contribution in [2.45, 2.75) is 25.7 Å². The lowest BCUT2D eigenvalue weighted by Crippen LogP contribution is -2.38. The van der Waals surface area contributed by atoms with Crippen LogP contribution in [-0.2, 0) is 4.79 Å². The number of likely N-dealkylation sites (tertiary alicyclic amines) is 1. The molecule has 2 aliphatic rings. The monoisotopic (exact) mass is 244 g/mol. The van der Waals surface area contributed by atoms with E-state index in [0.29, 0.717) is 5.92 Å². The van der Waals surface area contributed by atoms with E-state index in [1.54, 1.807) is 6.92 Å². The van der Waals surface area contributed by atoms with Crippen molar-refractivity contribution in [2.24, 2.45) is 5.92 Å². The van der Waals surface area contributed by atoms with E-state index in [2.05, 4.69) is 29.6 Å². The Morgan fingerprint density at radius 3 is 2.72 bits per heavy atom. The Balaban J connectivity index is 1.70. The van der Waals surface area contributed by atoms with Gasteiger partial charge in [0.2, 0.25) is 5.91 Å². The van der Waals surface area contributed by atoms with Gasteiger partial charge in [-0.15, -0.1) is 0 Å². The number of nitrogens with zero attached hydrogens (tertiary/aromatic N) is 1. The molecular formula is C15H20N2O.